The van der Waals surface area contributed by atoms with Crippen molar-refractivity contribution in [3.05, 3.63) is 0 Å². The van der Waals surface area contributed by atoms with Crippen molar-refractivity contribution in [2.75, 3.05) is 46.3 Å². The minimum atomic E-state index is 0.434. The van der Waals surface area contributed by atoms with E-state index in [0.717, 1.165) is 31.6 Å². The fraction of sp³-hybridized carbons (Fsp3) is 1.00. The van der Waals surface area contributed by atoms with Crippen molar-refractivity contribution in [3.63, 3.8) is 0 Å². The van der Waals surface area contributed by atoms with E-state index in [0.29, 0.717) is 12.2 Å². The van der Waals surface area contributed by atoms with E-state index in [1.165, 1.54) is 38.9 Å². The SMILES string of the molecule is CCC1CN(CC2CCC(CNCC(C)C)O2)CCN1C. The Kier molecular flexibility index (Phi) is 6.93. The van der Waals surface area contributed by atoms with Gasteiger partial charge in [-0.15, -0.1) is 0 Å². The maximum Gasteiger partial charge on any atom is 0.0707 e. The molecule has 2 heterocycles. The number of nitrogens with one attached hydrogen (secondary N) is 1. The van der Waals surface area contributed by atoms with Gasteiger partial charge in [0.1, 0.15) is 0 Å². The van der Waals surface area contributed by atoms with Gasteiger partial charge in [-0.3, -0.25) is 4.90 Å². The number of hydrogen-bond acceptors (Lipinski definition) is 4. The van der Waals surface area contributed by atoms with Gasteiger partial charge in [-0.2, -0.15) is 0 Å². The van der Waals surface area contributed by atoms with Gasteiger partial charge >= 0.3 is 0 Å². The van der Waals surface area contributed by atoms with Crippen molar-refractivity contribution in [1.82, 2.24) is 15.1 Å². The number of nitrogens with zero attached hydrogens (tertiary/aromatic N) is 2. The molecule has 2 saturated heterocycles. The van der Waals surface area contributed by atoms with Crippen LogP contribution >= 0.6 is 0 Å². The van der Waals surface area contributed by atoms with Crippen molar-refractivity contribution in [3.8, 4) is 0 Å². The van der Waals surface area contributed by atoms with Gasteiger partial charge in [0.15, 0.2) is 0 Å². The summed E-state index contributed by atoms with van der Waals surface area (Å²) in [5, 5.41) is 3.53. The molecule has 1 N–H and O–H groups in total. The zero-order valence-corrected chi connectivity index (χ0v) is 14.5. The van der Waals surface area contributed by atoms with Crippen LogP contribution in [-0.4, -0.2) is 74.4 Å². The molecule has 2 aliphatic rings. The molecule has 0 radical (unpaired) electrons. The first-order chi connectivity index (χ1) is 10.1. The maximum atomic E-state index is 6.22. The topological polar surface area (TPSA) is 27.7 Å². The predicted molar refractivity (Wildman–Crippen MR) is 88.8 cm³/mol. The summed E-state index contributed by atoms with van der Waals surface area (Å²) in [5.41, 5.74) is 0. The average Bonchev–Trinajstić information content (AvgIpc) is 2.88. The lowest BCUT2D eigenvalue weighted by molar-refractivity contribution is 0.00471. The second-order valence-electron chi connectivity index (χ2n) is 7.31. The molecular formula is C17H35N3O. The summed E-state index contributed by atoms with van der Waals surface area (Å²) >= 11 is 0. The quantitative estimate of drug-likeness (QED) is 0.775. The van der Waals surface area contributed by atoms with Crippen LogP contribution in [0.1, 0.15) is 40.0 Å². The highest BCUT2D eigenvalue weighted by atomic mass is 16.5. The summed E-state index contributed by atoms with van der Waals surface area (Å²) in [6.45, 7) is 13.7. The molecule has 0 aromatic heterocycles. The molecule has 0 bridgehead atoms. The molecule has 0 amide bonds. The Balaban J connectivity index is 1.65. The molecular weight excluding hydrogens is 262 g/mol. The molecule has 124 valence electrons. The zero-order chi connectivity index (χ0) is 15.2. The predicted octanol–water partition coefficient (Wildman–Crippen LogP) is 1.81. The van der Waals surface area contributed by atoms with Crippen molar-refractivity contribution < 1.29 is 4.74 Å². The Bertz CT molecular complexity index is 298. The first-order valence-corrected chi connectivity index (χ1v) is 8.87. The Hall–Kier alpha value is -0.160. The van der Waals surface area contributed by atoms with E-state index >= 15 is 0 Å². The van der Waals surface area contributed by atoms with Gasteiger partial charge in [0, 0.05) is 38.8 Å². The number of piperazine rings is 1. The molecule has 3 unspecified atom stereocenters. The van der Waals surface area contributed by atoms with Crippen LogP contribution in [0.4, 0.5) is 0 Å². The highest BCUT2D eigenvalue weighted by molar-refractivity contribution is 4.83. The Labute approximate surface area is 131 Å². The standard InChI is InChI=1S/C17H35N3O/c1-5-15-12-20(9-8-19(15)4)13-17-7-6-16(21-17)11-18-10-14(2)3/h14-18H,5-13H2,1-4H3. The molecule has 2 aliphatic heterocycles. The molecule has 4 heteroatoms. The monoisotopic (exact) mass is 297 g/mol. The van der Waals surface area contributed by atoms with E-state index in [-0.39, 0.29) is 0 Å². The van der Waals surface area contributed by atoms with E-state index in [1.54, 1.807) is 0 Å². The van der Waals surface area contributed by atoms with Crippen molar-refractivity contribution >= 4 is 0 Å². The summed E-state index contributed by atoms with van der Waals surface area (Å²) < 4.78 is 6.22. The lowest BCUT2D eigenvalue weighted by atomic mass is 10.1. The van der Waals surface area contributed by atoms with Crippen LogP contribution in [0.5, 0.6) is 0 Å². The molecule has 0 aliphatic carbocycles. The van der Waals surface area contributed by atoms with Crippen LogP contribution < -0.4 is 5.32 Å². The molecule has 3 atom stereocenters. The Morgan fingerprint density at radius 3 is 2.67 bits per heavy atom. The van der Waals surface area contributed by atoms with Crippen LogP contribution in [0.2, 0.25) is 0 Å². The minimum absolute atomic E-state index is 0.434. The fourth-order valence-electron chi connectivity index (χ4n) is 3.50. The average molecular weight is 297 g/mol. The van der Waals surface area contributed by atoms with Crippen LogP contribution in [0.25, 0.3) is 0 Å². The third-order valence-corrected chi connectivity index (χ3v) is 4.91. The molecule has 0 aromatic carbocycles. The van der Waals surface area contributed by atoms with Gasteiger partial charge in [0.2, 0.25) is 0 Å². The second-order valence-corrected chi connectivity index (χ2v) is 7.31. The normalized spacial score (nSPS) is 32.1. The zero-order valence-electron chi connectivity index (χ0n) is 14.5. The van der Waals surface area contributed by atoms with Crippen LogP contribution in [0.3, 0.4) is 0 Å². The maximum absolute atomic E-state index is 6.22. The van der Waals surface area contributed by atoms with Crippen LogP contribution in [0.15, 0.2) is 0 Å². The molecule has 21 heavy (non-hydrogen) atoms. The highest BCUT2D eigenvalue weighted by Crippen LogP contribution is 2.21. The van der Waals surface area contributed by atoms with Crippen LogP contribution in [-0.2, 0) is 4.74 Å². The lowest BCUT2D eigenvalue weighted by Crippen LogP contribution is -2.52. The van der Waals surface area contributed by atoms with Crippen molar-refractivity contribution in [2.45, 2.75) is 58.3 Å². The lowest BCUT2D eigenvalue weighted by Gasteiger charge is -2.40. The van der Waals surface area contributed by atoms with Gasteiger partial charge < -0.3 is 15.0 Å². The van der Waals surface area contributed by atoms with Crippen LogP contribution in [0, 0.1) is 5.92 Å². The first-order valence-electron chi connectivity index (χ1n) is 8.87. The smallest absolute Gasteiger partial charge is 0.0707 e. The number of rotatable bonds is 7. The molecule has 2 fully saturated rings. The summed E-state index contributed by atoms with van der Waals surface area (Å²) in [7, 11) is 2.26. The van der Waals surface area contributed by atoms with E-state index in [4.69, 9.17) is 4.74 Å². The van der Waals surface area contributed by atoms with E-state index in [2.05, 4.69) is 42.9 Å². The summed E-state index contributed by atoms with van der Waals surface area (Å²) in [6, 6.07) is 0.726. The highest BCUT2D eigenvalue weighted by Gasteiger charge is 2.29. The van der Waals surface area contributed by atoms with Crippen molar-refractivity contribution in [2.24, 2.45) is 5.92 Å². The third-order valence-electron chi connectivity index (χ3n) is 4.91. The molecule has 0 saturated carbocycles. The van der Waals surface area contributed by atoms with Gasteiger partial charge in [-0.05, 0) is 38.8 Å². The Morgan fingerprint density at radius 2 is 1.95 bits per heavy atom. The van der Waals surface area contributed by atoms with Gasteiger partial charge in [-0.1, -0.05) is 20.8 Å². The third kappa shape index (κ3) is 5.51. The summed E-state index contributed by atoms with van der Waals surface area (Å²) in [5.74, 6) is 0.721. The number of hydrogen-bond donors (Lipinski definition) is 1. The van der Waals surface area contributed by atoms with E-state index in [1.807, 2.05) is 0 Å². The molecule has 0 spiro atoms. The fourth-order valence-corrected chi connectivity index (χ4v) is 3.50. The van der Waals surface area contributed by atoms with Gasteiger partial charge in [-0.25, -0.2) is 0 Å². The summed E-state index contributed by atoms with van der Waals surface area (Å²) in [6.07, 6.45) is 4.60. The van der Waals surface area contributed by atoms with Crippen molar-refractivity contribution in [1.29, 1.82) is 0 Å². The molecule has 4 nitrogen and oxygen atoms in total. The minimum Gasteiger partial charge on any atom is -0.372 e. The number of likely N-dealkylation sites (N-methyl/N-ethyl adjacent to an activating group) is 1. The largest absolute Gasteiger partial charge is 0.372 e. The first kappa shape index (κ1) is 17.2. The van der Waals surface area contributed by atoms with E-state index < -0.39 is 0 Å². The van der Waals surface area contributed by atoms with E-state index in [9.17, 15) is 0 Å². The summed E-state index contributed by atoms with van der Waals surface area (Å²) in [4.78, 5) is 5.12. The second kappa shape index (κ2) is 8.47. The number of ether oxygens (including phenoxy) is 1. The molecule has 0 aromatic rings. The van der Waals surface area contributed by atoms with Gasteiger partial charge in [0.05, 0.1) is 12.2 Å². The molecule has 2 rings (SSSR count). The van der Waals surface area contributed by atoms with Gasteiger partial charge in [0.25, 0.3) is 0 Å². The Morgan fingerprint density at radius 1 is 1.19 bits per heavy atom.